The quantitative estimate of drug-likeness (QED) is 0.476. The summed E-state index contributed by atoms with van der Waals surface area (Å²) in [6, 6.07) is 1.48. The lowest BCUT2D eigenvalue weighted by atomic mass is 9.48. The van der Waals surface area contributed by atoms with Crippen molar-refractivity contribution < 1.29 is 22.4 Å². The van der Waals surface area contributed by atoms with Gasteiger partial charge in [-0.15, -0.1) is 0 Å². The van der Waals surface area contributed by atoms with Gasteiger partial charge in [-0.05, 0) is 92.8 Å². The van der Waals surface area contributed by atoms with E-state index in [1.54, 1.807) is 0 Å². The summed E-state index contributed by atoms with van der Waals surface area (Å²) in [4.78, 5) is 13.3. The first-order valence-corrected chi connectivity index (χ1v) is 12.7. The molecular weight excluding hydrogens is 446 g/mol. The molecule has 4 nitrogen and oxygen atoms in total. The number of carbonyl (C=O) groups excluding carboxylic acids is 1. The summed E-state index contributed by atoms with van der Waals surface area (Å²) in [5.74, 6) is 1.02. The molecule has 8 atom stereocenters. The van der Waals surface area contributed by atoms with E-state index in [-0.39, 0.29) is 47.3 Å². The molecule has 4 aliphatic rings. The monoisotopic (exact) mass is 479 g/mol. The molecule has 0 aliphatic heterocycles. The van der Waals surface area contributed by atoms with Crippen LogP contribution < -0.4 is 0 Å². The van der Waals surface area contributed by atoms with E-state index in [0.29, 0.717) is 18.8 Å². The summed E-state index contributed by atoms with van der Waals surface area (Å²) in [7, 11) is 0. The molecule has 0 saturated heterocycles. The first-order chi connectivity index (χ1) is 16.0. The van der Waals surface area contributed by atoms with Crippen LogP contribution in [-0.4, -0.2) is 21.2 Å². The molecule has 0 spiro atoms. The Labute approximate surface area is 198 Å². The van der Waals surface area contributed by atoms with Crippen LogP contribution >= 0.6 is 0 Å². The lowest BCUT2D eigenvalue weighted by Gasteiger charge is -2.58. The van der Waals surface area contributed by atoms with Crippen LogP contribution in [0.4, 0.5) is 17.6 Å². The van der Waals surface area contributed by atoms with Crippen molar-refractivity contribution in [1.82, 2.24) is 9.78 Å². The van der Waals surface area contributed by atoms with Crippen LogP contribution in [0.5, 0.6) is 0 Å². The number of aromatic nitrogens is 2. The van der Waals surface area contributed by atoms with Gasteiger partial charge in [0.15, 0.2) is 11.5 Å². The van der Waals surface area contributed by atoms with Crippen molar-refractivity contribution in [2.75, 3.05) is 0 Å². The first kappa shape index (κ1) is 23.8. The second-order valence-electron chi connectivity index (χ2n) is 11.8. The highest BCUT2D eigenvalue weighted by atomic mass is 19.4. The van der Waals surface area contributed by atoms with E-state index in [0.717, 1.165) is 55.8 Å². The number of hydrogen-bond donors (Lipinski definition) is 0. The minimum Gasteiger partial charge on any atom is -0.297 e. The molecule has 1 heterocycles. The lowest BCUT2D eigenvalue weighted by molar-refractivity contribution is -0.146. The van der Waals surface area contributed by atoms with Crippen LogP contribution in [0.3, 0.4) is 0 Å². The van der Waals surface area contributed by atoms with E-state index in [4.69, 9.17) is 5.26 Å². The second-order valence-corrected chi connectivity index (χ2v) is 11.8. The van der Waals surface area contributed by atoms with Gasteiger partial charge in [0.05, 0.1) is 6.54 Å². The zero-order chi connectivity index (χ0) is 24.5. The fraction of sp³-hybridized carbons (Fsp3) is 0.808. The van der Waals surface area contributed by atoms with Crippen molar-refractivity contribution in [3.05, 3.63) is 17.5 Å². The van der Waals surface area contributed by atoms with Crippen LogP contribution in [0.1, 0.15) is 82.9 Å². The lowest BCUT2D eigenvalue weighted by Crippen LogP contribution is -2.56. The van der Waals surface area contributed by atoms with E-state index < -0.39 is 23.1 Å². The fourth-order valence-electron chi connectivity index (χ4n) is 8.59. The number of halogens is 4. The smallest absolute Gasteiger partial charge is 0.297 e. The summed E-state index contributed by atoms with van der Waals surface area (Å²) in [5.41, 5.74) is -3.13. The van der Waals surface area contributed by atoms with Crippen molar-refractivity contribution in [2.24, 2.45) is 40.9 Å². The number of carbonyl (C=O) groups is 1. The van der Waals surface area contributed by atoms with Crippen LogP contribution in [0.2, 0.25) is 0 Å². The van der Waals surface area contributed by atoms with Gasteiger partial charge in [0.1, 0.15) is 17.3 Å². The molecule has 1 aromatic rings. The maximum atomic E-state index is 16.4. The van der Waals surface area contributed by atoms with E-state index in [9.17, 15) is 18.0 Å². The van der Waals surface area contributed by atoms with Gasteiger partial charge in [-0.2, -0.15) is 23.5 Å². The Hall–Kier alpha value is -1.91. The molecule has 0 aromatic carbocycles. The Bertz CT molecular complexity index is 1010. The van der Waals surface area contributed by atoms with Crippen LogP contribution in [0, 0.1) is 52.3 Å². The molecule has 0 bridgehead atoms. The highest BCUT2D eigenvalue weighted by Crippen LogP contribution is 2.66. The highest BCUT2D eigenvalue weighted by Gasteiger charge is 2.62. The molecule has 4 aliphatic carbocycles. The maximum absolute atomic E-state index is 16.4. The summed E-state index contributed by atoms with van der Waals surface area (Å²) < 4.78 is 56.9. The number of ketones is 1. The topological polar surface area (TPSA) is 58.7 Å². The number of hydrogen-bond acceptors (Lipinski definition) is 3. The van der Waals surface area contributed by atoms with Gasteiger partial charge in [-0.3, -0.25) is 9.48 Å². The maximum Gasteiger partial charge on any atom is 0.420 e. The minimum atomic E-state index is -4.69. The molecule has 1 aromatic heterocycles. The zero-order valence-corrected chi connectivity index (χ0v) is 19.9. The average molecular weight is 480 g/mol. The van der Waals surface area contributed by atoms with Gasteiger partial charge in [0.25, 0.3) is 0 Å². The molecule has 0 N–H and O–H groups in total. The van der Waals surface area contributed by atoms with E-state index in [1.807, 2.05) is 0 Å². The average Bonchev–Trinajstić information content (AvgIpc) is 3.34. The highest BCUT2D eigenvalue weighted by molar-refractivity contribution is 5.82. The van der Waals surface area contributed by atoms with Crippen molar-refractivity contribution >= 4 is 5.78 Å². The minimum absolute atomic E-state index is 0.0734. The number of nitriles is 1. The van der Waals surface area contributed by atoms with Gasteiger partial charge in [0.2, 0.25) is 0 Å². The third-order valence-electron chi connectivity index (χ3n) is 10.2. The first-order valence-electron chi connectivity index (χ1n) is 12.7. The normalized spacial score (nSPS) is 41.8. The predicted molar refractivity (Wildman–Crippen MR) is 117 cm³/mol. The number of fused-ring (bicyclic) bond motifs is 5. The summed E-state index contributed by atoms with van der Waals surface area (Å²) in [6.07, 6.45) is 3.78. The largest absolute Gasteiger partial charge is 0.420 e. The molecule has 4 saturated carbocycles. The van der Waals surface area contributed by atoms with Crippen LogP contribution in [0.15, 0.2) is 6.20 Å². The molecule has 0 radical (unpaired) electrons. The molecule has 2 unspecified atom stereocenters. The van der Waals surface area contributed by atoms with Gasteiger partial charge in [-0.1, -0.05) is 13.8 Å². The molecule has 5 rings (SSSR count). The Balaban J connectivity index is 1.33. The van der Waals surface area contributed by atoms with E-state index >= 15 is 4.39 Å². The van der Waals surface area contributed by atoms with E-state index in [1.165, 1.54) is 6.07 Å². The summed E-state index contributed by atoms with van der Waals surface area (Å²) in [6.45, 7) is 4.11. The van der Waals surface area contributed by atoms with Crippen molar-refractivity contribution in [1.29, 1.82) is 5.26 Å². The van der Waals surface area contributed by atoms with Gasteiger partial charge < -0.3 is 0 Å². The van der Waals surface area contributed by atoms with Crippen LogP contribution in [-0.2, 0) is 17.5 Å². The molecular formula is C26H33F4N3O. The van der Waals surface area contributed by atoms with Gasteiger partial charge in [0, 0.05) is 12.1 Å². The van der Waals surface area contributed by atoms with Crippen molar-refractivity contribution in [2.45, 2.75) is 90.0 Å². The van der Waals surface area contributed by atoms with Crippen molar-refractivity contribution in [3.63, 3.8) is 0 Å². The SMILES string of the molecule is C[C@H]1CC[C@]2(F)C3CC[C@@]4(C)C(CC[C@@H]4C(=O)Cn4cc(C(F)(F)F)c(C#N)n4)[C@@H]3CC[C@@H]2C1. The Morgan fingerprint density at radius 3 is 2.62 bits per heavy atom. The van der Waals surface area contributed by atoms with Crippen LogP contribution in [0.25, 0.3) is 0 Å². The predicted octanol–water partition coefficient (Wildman–Crippen LogP) is 6.34. The number of nitrogens with zero attached hydrogens (tertiary/aromatic N) is 3. The van der Waals surface area contributed by atoms with Gasteiger partial charge >= 0.3 is 6.18 Å². The Kier molecular flexibility index (Phi) is 5.65. The number of alkyl halides is 4. The third kappa shape index (κ3) is 3.60. The van der Waals surface area contributed by atoms with Gasteiger partial charge in [-0.25, -0.2) is 4.39 Å². The number of Topliss-reactive ketones (excluding diaryl/α,β-unsaturated/α-hetero) is 1. The third-order valence-corrected chi connectivity index (χ3v) is 10.2. The molecule has 186 valence electrons. The standard InChI is InChI=1S/C26H33F4N3O/c1-15-7-10-25(27)16(11-15)3-4-17-18-5-6-20(24(18,2)9-8-19(17)25)23(34)14-33-13-21(26(28,29)30)22(12-31)32-33/h13,15-20H,3-11,14H2,1-2H3/t15-,16+,17-,18?,19?,20+,24-,25+/m0/s1. The molecule has 8 heteroatoms. The number of rotatable bonds is 3. The fourth-order valence-corrected chi connectivity index (χ4v) is 8.59. The zero-order valence-electron chi connectivity index (χ0n) is 19.9. The summed E-state index contributed by atoms with van der Waals surface area (Å²) >= 11 is 0. The van der Waals surface area contributed by atoms with Crippen molar-refractivity contribution in [3.8, 4) is 6.07 Å². The Morgan fingerprint density at radius 1 is 1.18 bits per heavy atom. The summed E-state index contributed by atoms with van der Waals surface area (Å²) in [5, 5.41) is 12.7. The molecule has 0 amide bonds. The Morgan fingerprint density at radius 2 is 1.94 bits per heavy atom. The van der Waals surface area contributed by atoms with E-state index in [2.05, 4.69) is 18.9 Å². The second kappa shape index (κ2) is 8.06. The molecule has 4 fully saturated rings. The molecule has 34 heavy (non-hydrogen) atoms.